The Labute approximate surface area is 161 Å². The molecule has 0 aliphatic heterocycles. The van der Waals surface area contributed by atoms with E-state index in [-0.39, 0.29) is 0 Å². The first-order valence-corrected chi connectivity index (χ1v) is 10.9. The Balaban J connectivity index is 1.51. The molecule has 0 N–H and O–H groups in total. The quantitative estimate of drug-likeness (QED) is 0.446. The summed E-state index contributed by atoms with van der Waals surface area (Å²) in [4.78, 5) is 5.49. The molecule has 1 unspecified atom stereocenters. The van der Waals surface area contributed by atoms with Gasteiger partial charge in [-0.05, 0) is 55.9 Å². The Morgan fingerprint density at radius 1 is 1.12 bits per heavy atom. The fraction of sp³-hybridized carbons (Fsp3) is 0.571. The number of thioether (sulfide) groups is 1. The van der Waals surface area contributed by atoms with Crippen LogP contribution in [0.15, 0.2) is 47.9 Å². The van der Waals surface area contributed by atoms with Gasteiger partial charge in [-0.1, -0.05) is 43.7 Å². The normalized spacial score (nSPS) is 16.8. The summed E-state index contributed by atoms with van der Waals surface area (Å²) in [5.41, 5.74) is 0. The lowest BCUT2D eigenvalue weighted by molar-refractivity contribution is 0.329. The van der Waals surface area contributed by atoms with Crippen molar-refractivity contribution in [1.29, 1.82) is 0 Å². The third-order valence-electron chi connectivity index (χ3n) is 5.24. The van der Waals surface area contributed by atoms with Crippen LogP contribution < -0.4 is 0 Å². The van der Waals surface area contributed by atoms with Crippen molar-refractivity contribution < 1.29 is 0 Å². The predicted octanol–water partition coefficient (Wildman–Crippen LogP) is 6.84. The van der Waals surface area contributed by atoms with E-state index in [0.717, 1.165) is 17.5 Å². The van der Waals surface area contributed by atoms with Gasteiger partial charge in [0, 0.05) is 34.1 Å². The molecule has 2 aromatic rings. The zero-order valence-corrected chi connectivity index (χ0v) is 16.5. The van der Waals surface area contributed by atoms with E-state index in [0.29, 0.717) is 5.25 Å². The van der Waals surface area contributed by atoms with Crippen molar-refractivity contribution in [1.82, 2.24) is 9.55 Å². The van der Waals surface area contributed by atoms with Crippen molar-refractivity contribution in [2.75, 3.05) is 0 Å². The molecule has 4 heteroatoms. The van der Waals surface area contributed by atoms with Crippen molar-refractivity contribution in [2.24, 2.45) is 5.92 Å². The van der Waals surface area contributed by atoms with Gasteiger partial charge in [-0.25, -0.2) is 4.98 Å². The first kappa shape index (κ1) is 18.8. The van der Waals surface area contributed by atoms with Crippen molar-refractivity contribution in [3.8, 4) is 0 Å². The Kier molecular flexibility index (Phi) is 7.75. The van der Waals surface area contributed by atoms with E-state index < -0.39 is 0 Å². The van der Waals surface area contributed by atoms with E-state index in [1.807, 2.05) is 36.4 Å². The van der Waals surface area contributed by atoms with Crippen molar-refractivity contribution in [3.63, 3.8) is 0 Å². The number of hydrogen-bond acceptors (Lipinski definition) is 2. The molecule has 1 aliphatic carbocycles. The average molecular weight is 377 g/mol. The summed E-state index contributed by atoms with van der Waals surface area (Å²) in [7, 11) is 0. The van der Waals surface area contributed by atoms with Gasteiger partial charge in [0.25, 0.3) is 0 Å². The molecule has 1 aliphatic rings. The standard InChI is InChI=1S/C21H29ClN2S/c22-19-9-12-21(13-10-19)25-20(7-4-15-24-16-14-23-17-24)11-8-18-5-2-1-3-6-18/h9-10,12-14,16-18,20H,1-8,11,15H2. The lowest BCUT2D eigenvalue weighted by Gasteiger charge is -2.24. The highest BCUT2D eigenvalue weighted by Gasteiger charge is 2.17. The van der Waals surface area contributed by atoms with Crippen molar-refractivity contribution in [2.45, 2.75) is 74.5 Å². The minimum atomic E-state index is 0.701. The third-order valence-corrected chi connectivity index (χ3v) is 6.84. The molecule has 1 atom stereocenters. The van der Waals surface area contributed by atoms with Crippen LogP contribution in [0, 0.1) is 5.92 Å². The molecule has 2 nitrogen and oxygen atoms in total. The van der Waals surface area contributed by atoms with Crippen LogP contribution in [0.5, 0.6) is 0 Å². The fourth-order valence-electron chi connectivity index (χ4n) is 3.79. The van der Waals surface area contributed by atoms with Gasteiger partial charge in [0.2, 0.25) is 0 Å². The molecule has 0 radical (unpaired) electrons. The third kappa shape index (κ3) is 6.71. The zero-order chi connectivity index (χ0) is 17.3. The van der Waals surface area contributed by atoms with Gasteiger partial charge in [-0.3, -0.25) is 0 Å². The molecule has 136 valence electrons. The van der Waals surface area contributed by atoms with Crippen LogP contribution in [0.4, 0.5) is 0 Å². The largest absolute Gasteiger partial charge is 0.337 e. The van der Waals surface area contributed by atoms with Gasteiger partial charge < -0.3 is 4.57 Å². The van der Waals surface area contributed by atoms with Crippen molar-refractivity contribution >= 4 is 23.4 Å². The van der Waals surface area contributed by atoms with Gasteiger partial charge in [-0.2, -0.15) is 0 Å². The smallest absolute Gasteiger partial charge is 0.0945 e. The number of aromatic nitrogens is 2. The lowest BCUT2D eigenvalue weighted by Crippen LogP contribution is -2.11. The molecule has 1 aromatic heterocycles. The maximum Gasteiger partial charge on any atom is 0.0945 e. The van der Waals surface area contributed by atoms with E-state index in [2.05, 4.69) is 27.9 Å². The molecule has 1 saturated carbocycles. The minimum Gasteiger partial charge on any atom is -0.337 e. The van der Waals surface area contributed by atoms with Crippen LogP contribution >= 0.6 is 23.4 Å². The molecular formula is C21H29ClN2S. The molecule has 0 spiro atoms. The summed E-state index contributed by atoms with van der Waals surface area (Å²) in [5, 5.41) is 1.52. The number of rotatable bonds is 9. The van der Waals surface area contributed by atoms with Gasteiger partial charge >= 0.3 is 0 Å². The van der Waals surface area contributed by atoms with Gasteiger partial charge in [0.05, 0.1) is 6.33 Å². The highest BCUT2D eigenvalue weighted by molar-refractivity contribution is 8.00. The number of benzene rings is 1. The first-order valence-electron chi connectivity index (χ1n) is 9.67. The molecular weight excluding hydrogens is 348 g/mol. The highest BCUT2D eigenvalue weighted by Crippen LogP contribution is 2.34. The number of halogens is 1. The Hall–Kier alpha value is -0.930. The number of imidazole rings is 1. The molecule has 3 rings (SSSR count). The Bertz CT molecular complexity index is 591. The van der Waals surface area contributed by atoms with Gasteiger partial charge in [-0.15, -0.1) is 11.8 Å². The van der Waals surface area contributed by atoms with E-state index in [4.69, 9.17) is 11.6 Å². The predicted molar refractivity (Wildman–Crippen MR) is 108 cm³/mol. The molecule has 0 saturated heterocycles. The summed E-state index contributed by atoms with van der Waals surface area (Å²) in [6.07, 6.45) is 18.3. The number of aryl methyl sites for hydroxylation is 1. The van der Waals surface area contributed by atoms with Crippen LogP contribution in [0.2, 0.25) is 5.02 Å². The maximum absolute atomic E-state index is 6.03. The summed E-state index contributed by atoms with van der Waals surface area (Å²) in [6, 6.07) is 8.34. The van der Waals surface area contributed by atoms with Crippen LogP contribution in [-0.4, -0.2) is 14.8 Å². The average Bonchev–Trinajstić information content (AvgIpc) is 3.16. The zero-order valence-electron chi connectivity index (χ0n) is 14.9. The maximum atomic E-state index is 6.03. The molecule has 1 aromatic carbocycles. The van der Waals surface area contributed by atoms with Crippen LogP contribution in [0.25, 0.3) is 0 Å². The monoisotopic (exact) mass is 376 g/mol. The molecule has 0 amide bonds. The fourth-order valence-corrected chi connectivity index (χ4v) is 5.13. The van der Waals surface area contributed by atoms with Crippen LogP contribution in [0.3, 0.4) is 0 Å². The molecule has 0 bridgehead atoms. The summed E-state index contributed by atoms with van der Waals surface area (Å²) in [6.45, 7) is 1.07. The van der Waals surface area contributed by atoms with E-state index in [9.17, 15) is 0 Å². The van der Waals surface area contributed by atoms with Gasteiger partial charge in [0.1, 0.15) is 0 Å². The van der Waals surface area contributed by atoms with Crippen molar-refractivity contribution in [3.05, 3.63) is 48.0 Å². The van der Waals surface area contributed by atoms with E-state index in [1.54, 1.807) is 0 Å². The second-order valence-corrected chi connectivity index (χ2v) is 9.03. The second kappa shape index (κ2) is 10.3. The van der Waals surface area contributed by atoms with Crippen LogP contribution in [-0.2, 0) is 6.54 Å². The van der Waals surface area contributed by atoms with E-state index >= 15 is 0 Å². The first-order chi connectivity index (χ1) is 12.3. The number of hydrogen-bond donors (Lipinski definition) is 0. The highest BCUT2D eigenvalue weighted by atomic mass is 35.5. The summed E-state index contributed by atoms with van der Waals surface area (Å²) in [5.74, 6) is 0.968. The Morgan fingerprint density at radius 2 is 1.92 bits per heavy atom. The van der Waals surface area contributed by atoms with E-state index in [1.165, 1.54) is 62.7 Å². The van der Waals surface area contributed by atoms with Gasteiger partial charge in [0.15, 0.2) is 0 Å². The topological polar surface area (TPSA) is 17.8 Å². The number of nitrogens with zero attached hydrogens (tertiary/aromatic N) is 2. The Morgan fingerprint density at radius 3 is 2.64 bits per heavy atom. The SMILES string of the molecule is Clc1ccc(SC(CCCn2ccnc2)CCC2CCCCC2)cc1. The molecule has 25 heavy (non-hydrogen) atoms. The lowest BCUT2D eigenvalue weighted by atomic mass is 9.85. The summed E-state index contributed by atoms with van der Waals surface area (Å²) < 4.78 is 2.19. The summed E-state index contributed by atoms with van der Waals surface area (Å²) >= 11 is 8.07. The van der Waals surface area contributed by atoms with Crippen LogP contribution in [0.1, 0.15) is 57.8 Å². The molecule has 1 fully saturated rings. The molecule has 1 heterocycles. The minimum absolute atomic E-state index is 0.701. The second-order valence-electron chi connectivity index (χ2n) is 7.22.